The lowest BCUT2D eigenvalue weighted by atomic mass is 9.93. The van der Waals surface area contributed by atoms with Gasteiger partial charge in [-0.15, -0.1) is 10.2 Å². The summed E-state index contributed by atoms with van der Waals surface area (Å²) in [5, 5.41) is 32.2. The van der Waals surface area contributed by atoms with E-state index in [0.29, 0.717) is 12.1 Å². The minimum atomic E-state index is -0.864. The van der Waals surface area contributed by atoms with Crippen LogP contribution in [0.25, 0.3) is 0 Å². The smallest absolute Gasteiger partial charge is 0.211 e. The van der Waals surface area contributed by atoms with Crippen LogP contribution < -0.4 is 28.7 Å². The van der Waals surface area contributed by atoms with E-state index in [0.717, 1.165) is 12.8 Å². The van der Waals surface area contributed by atoms with E-state index in [2.05, 4.69) is 51.6 Å². The first-order valence-electron chi connectivity index (χ1n) is 12.0. The Labute approximate surface area is 209 Å². The average molecular weight is 492 g/mol. The fraction of sp³-hybridized carbons (Fsp3) is 0.583. The first kappa shape index (κ1) is 32.0. The number of hydrogen-bond donors (Lipinski definition) is 7. The highest BCUT2D eigenvalue weighted by molar-refractivity contribution is 6.29. The Kier molecular flexibility index (Phi) is 17.6. The quantitative estimate of drug-likeness (QED) is 0.0818. The molecule has 0 fully saturated rings. The van der Waals surface area contributed by atoms with E-state index in [4.69, 9.17) is 28.7 Å². The van der Waals surface area contributed by atoms with Crippen molar-refractivity contribution < 1.29 is 10.2 Å². The van der Waals surface area contributed by atoms with E-state index in [1.54, 1.807) is 6.92 Å². The van der Waals surface area contributed by atoms with Crippen molar-refractivity contribution in [1.29, 1.82) is 0 Å². The van der Waals surface area contributed by atoms with Crippen molar-refractivity contribution in [2.75, 3.05) is 13.2 Å². The highest BCUT2D eigenvalue weighted by Crippen LogP contribution is 2.14. The number of aryl methyl sites for hydroxylation is 2. The van der Waals surface area contributed by atoms with Gasteiger partial charge in [-0.1, -0.05) is 63.3 Å². The average Bonchev–Trinajstić information content (AvgIpc) is 2.84. The van der Waals surface area contributed by atoms with Crippen LogP contribution in [-0.2, 0) is 12.8 Å². The molecule has 12 N–H and O–H groups in total. The predicted octanol–water partition coefficient (Wildman–Crippen LogP) is 1.10. The van der Waals surface area contributed by atoms with Crippen molar-refractivity contribution in [2.45, 2.75) is 77.2 Å². The molecule has 35 heavy (non-hydrogen) atoms. The summed E-state index contributed by atoms with van der Waals surface area (Å²) < 4.78 is 0. The van der Waals surface area contributed by atoms with E-state index >= 15 is 0 Å². The lowest BCUT2D eigenvalue weighted by molar-refractivity contribution is 0.115. The molecule has 0 amide bonds. The third kappa shape index (κ3) is 18.0. The van der Waals surface area contributed by atoms with Gasteiger partial charge in [-0.05, 0) is 43.7 Å². The summed E-state index contributed by atoms with van der Waals surface area (Å²) in [6, 6.07) is 8.66. The number of rotatable bonds is 15. The summed E-state index contributed by atoms with van der Waals surface area (Å²) >= 11 is 0. The highest BCUT2D eigenvalue weighted by atomic mass is 16.3. The summed E-state index contributed by atoms with van der Waals surface area (Å²) in [6.07, 6.45) is 11.8. The molecule has 0 aliphatic heterocycles. The van der Waals surface area contributed by atoms with Crippen LogP contribution in [0.1, 0.15) is 69.9 Å². The van der Waals surface area contributed by atoms with Crippen LogP contribution in [0.15, 0.2) is 44.7 Å². The highest BCUT2D eigenvalue weighted by Gasteiger charge is 2.22. The Morgan fingerprint density at radius 2 is 1.31 bits per heavy atom. The second-order valence-corrected chi connectivity index (χ2v) is 8.55. The number of guanidine groups is 2. The van der Waals surface area contributed by atoms with Crippen LogP contribution in [-0.4, -0.2) is 52.8 Å². The monoisotopic (exact) mass is 491 g/mol. The number of aliphatic hydroxyl groups is 2. The first-order valence-corrected chi connectivity index (χ1v) is 12.0. The molecule has 0 aliphatic rings. The number of unbranched alkanes of at least 4 members (excludes halogenated alkanes) is 5. The second kappa shape index (κ2) is 19.3. The molecule has 0 spiro atoms. The zero-order chi connectivity index (χ0) is 26.5. The Morgan fingerprint density at radius 3 is 1.83 bits per heavy atom. The zero-order valence-electron chi connectivity index (χ0n) is 21.2. The number of aliphatic hydroxyl groups excluding tert-OH is 2. The molecule has 1 aromatic carbocycles. The molecule has 0 aromatic heterocycles. The molecule has 0 saturated heterocycles. The third-order valence-electron chi connectivity index (χ3n) is 5.12. The maximum atomic E-state index is 9.20. The van der Waals surface area contributed by atoms with Crippen molar-refractivity contribution >= 4 is 23.8 Å². The van der Waals surface area contributed by atoms with E-state index in [1.165, 1.54) is 55.9 Å². The van der Waals surface area contributed by atoms with Crippen molar-refractivity contribution in [1.82, 2.24) is 0 Å². The minimum absolute atomic E-state index is 0.130. The Bertz CT molecular complexity index is 794. The lowest BCUT2D eigenvalue weighted by Crippen LogP contribution is -2.47. The van der Waals surface area contributed by atoms with Crippen molar-refractivity contribution in [2.24, 2.45) is 49.1 Å². The lowest BCUT2D eigenvalue weighted by Gasteiger charge is -2.24. The van der Waals surface area contributed by atoms with Gasteiger partial charge in [0, 0.05) is 0 Å². The minimum Gasteiger partial charge on any atom is -0.394 e. The number of hydrogen-bond acceptors (Lipinski definition) is 7. The van der Waals surface area contributed by atoms with Crippen LogP contribution in [0.5, 0.6) is 0 Å². The van der Waals surface area contributed by atoms with Crippen molar-refractivity contribution in [3.8, 4) is 0 Å². The molecule has 1 aromatic rings. The van der Waals surface area contributed by atoms with Crippen molar-refractivity contribution in [3.63, 3.8) is 0 Å². The maximum Gasteiger partial charge on any atom is 0.211 e. The molecule has 11 nitrogen and oxygen atoms in total. The van der Waals surface area contributed by atoms with Gasteiger partial charge in [0.15, 0.2) is 0 Å². The van der Waals surface area contributed by atoms with E-state index in [-0.39, 0.29) is 25.1 Å². The molecule has 0 atom stereocenters. The van der Waals surface area contributed by atoms with Gasteiger partial charge < -0.3 is 38.9 Å². The molecule has 11 heteroatoms. The molecule has 198 valence electrons. The van der Waals surface area contributed by atoms with Gasteiger partial charge >= 0.3 is 0 Å². The van der Waals surface area contributed by atoms with Gasteiger partial charge in [0.25, 0.3) is 0 Å². The van der Waals surface area contributed by atoms with Crippen molar-refractivity contribution in [3.05, 3.63) is 35.4 Å². The summed E-state index contributed by atoms with van der Waals surface area (Å²) in [7, 11) is 0. The molecular formula is C24H45N9O2. The van der Waals surface area contributed by atoms with Crippen LogP contribution in [0.2, 0.25) is 0 Å². The fourth-order valence-electron chi connectivity index (χ4n) is 2.92. The molecule has 0 aliphatic carbocycles. The summed E-state index contributed by atoms with van der Waals surface area (Å²) in [6.45, 7) is 3.52. The Hall–Kier alpha value is -3.02. The molecule has 0 radical (unpaired) electrons. The molecule has 0 unspecified atom stereocenters. The van der Waals surface area contributed by atoms with Crippen LogP contribution in [0, 0.1) is 0 Å². The van der Waals surface area contributed by atoms with Gasteiger partial charge in [-0.25, -0.2) is 0 Å². The fourth-order valence-corrected chi connectivity index (χ4v) is 2.92. The first-order chi connectivity index (χ1) is 16.7. The zero-order valence-corrected chi connectivity index (χ0v) is 21.2. The number of nitrogens with zero attached hydrogens (tertiary/aromatic N) is 4. The second-order valence-electron chi connectivity index (χ2n) is 8.55. The molecule has 0 bridgehead atoms. The van der Waals surface area contributed by atoms with E-state index < -0.39 is 5.54 Å². The Balaban J connectivity index is 0.000000761. The van der Waals surface area contributed by atoms with Gasteiger partial charge in [0.05, 0.1) is 30.7 Å². The number of nitrogens with two attached hydrogens (primary N) is 5. The Morgan fingerprint density at radius 1 is 0.800 bits per heavy atom. The predicted molar refractivity (Wildman–Crippen MR) is 146 cm³/mol. The topological polar surface area (TPSA) is 220 Å². The van der Waals surface area contributed by atoms with Gasteiger partial charge in [-0.2, -0.15) is 10.2 Å². The summed E-state index contributed by atoms with van der Waals surface area (Å²) in [5.74, 6) is -0.263. The number of benzene rings is 1. The van der Waals surface area contributed by atoms with Crippen LogP contribution >= 0.6 is 0 Å². The van der Waals surface area contributed by atoms with Gasteiger partial charge in [0.2, 0.25) is 11.9 Å². The summed E-state index contributed by atoms with van der Waals surface area (Å²) in [4.78, 5) is 0. The van der Waals surface area contributed by atoms with Crippen LogP contribution in [0.4, 0.5) is 0 Å². The molecular weight excluding hydrogens is 446 g/mol. The van der Waals surface area contributed by atoms with Gasteiger partial charge in [0.1, 0.15) is 0 Å². The normalized spacial score (nSPS) is 11.6. The standard InChI is InChI=1S/C19H33NO2.C5H12N8/c1-2-3-4-5-6-7-8-17-9-11-18(12-10-17)13-14-19(20,15-21)16-22;1-3(11-13-5(8)9)2-10-12-4(6)7/h9-12,21-22H,2-8,13-16,20H2,1H3;2H,1H3,(H4,6,7,12)(H4,8,9,13)/b;10-2+,11-3+. The van der Waals surface area contributed by atoms with E-state index in [9.17, 15) is 10.2 Å². The largest absolute Gasteiger partial charge is 0.394 e. The summed E-state index contributed by atoms with van der Waals surface area (Å²) in [5.41, 5.74) is 28.2. The molecule has 0 saturated carbocycles. The van der Waals surface area contributed by atoms with Crippen LogP contribution in [0.3, 0.4) is 0 Å². The van der Waals surface area contributed by atoms with Gasteiger partial charge in [-0.3, -0.25) is 0 Å². The van der Waals surface area contributed by atoms with E-state index in [1.807, 2.05) is 0 Å². The SMILES string of the molecule is CC(/C=N/N=C(N)N)=N\N=C(N)N.CCCCCCCCc1ccc(CCC(N)(CO)CO)cc1. The maximum absolute atomic E-state index is 9.20. The molecule has 0 heterocycles. The molecule has 1 rings (SSSR count). The third-order valence-corrected chi connectivity index (χ3v) is 5.12.